The van der Waals surface area contributed by atoms with Gasteiger partial charge in [-0.3, -0.25) is 4.79 Å². The summed E-state index contributed by atoms with van der Waals surface area (Å²) < 4.78 is 5.62. The Morgan fingerprint density at radius 3 is 2.37 bits per heavy atom. The smallest absolute Gasteiger partial charge is 0.277 e. The Balaban J connectivity index is 1.21. The molecule has 1 fully saturated rings. The predicted molar refractivity (Wildman–Crippen MR) is 118 cm³/mol. The molecule has 4 rings (SSSR count). The second-order valence-electron chi connectivity index (χ2n) is 8.81. The summed E-state index contributed by atoms with van der Waals surface area (Å²) >= 11 is 0. The molecule has 1 saturated heterocycles. The van der Waals surface area contributed by atoms with E-state index in [0.29, 0.717) is 13.1 Å². The van der Waals surface area contributed by atoms with Gasteiger partial charge in [-0.25, -0.2) is 0 Å². The maximum atomic E-state index is 12.7. The summed E-state index contributed by atoms with van der Waals surface area (Å²) in [5.41, 5.74) is 5.30. The van der Waals surface area contributed by atoms with Crippen molar-refractivity contribution < 1.29 is 19.3 Å². The van der Waals surface area contributed by atoms with Gasteiger partial charge in [0, 0.05) is 25.6 Å². The molecular formula is C25H35N3O2+2. The van der Waals surface area contributed by atoms with Crippen molar-refractivity contribution in [2.75, 3.05) is 46.4 Å². The van der Waals surface area contributed by atoms with Gasteiger partial charge in [-0.2, -0.15) is 0 Å². The van der Waals surface area contributed by atoms with Gasteiger partial charge in [-0.05, 0) is 41.3 Å². The molecule has 2 aliphatic heterocycles. The normalized spacial score (nSPS) is 20.5. The first kappa shape index (κ1) is 20.9. The second-order valence-corrected chi connectivity index (χ2v) is 8.81. The molecule has 2 N–H and O–H groups in total. The van der Waals surface area contributed by atoms with Crippen molar-refractivity contribution in [2.24, 2.45) is 0 Å². The number of ether oxygens (including phenoxy) is 1. The third-order valence-electron chi connectivity index (χ3n) is 6.55. The van der Waals surface area contributed by atoms with E-state index in [-0.39, 0.29) is 5.91 Å². The van der Waals surface area contributed by atoms with Gasteiger partial charge in [0.1, 0.15) is 38.5 Å². The zero-order valence-corrected chi connectivity index (χ0v) is 18.4. The lowest BCUT2D eigenvalue weighted by molar-refractivity contribution is -1.02. The minimum Gasteiger partial charge on any atom is -0.493 e. The Morgan fingerprint density at radius 1 is 0.967 bits per heavy atom. The lowest BCUT2D eigenvalue weighted by Gasteiger charge is -2.30. The van der Waals surface area contributed by atoms with Gasteiger partial charge in [0.25, 0.3) is 5.91 Å². The standard InChI is InChI=1S/C25H33N3O2/c1-3-20-4-6-21(7-5-20)17-26(2)25(29)19-28-13-11-27(12-14-28)18-22-8-9-24-23(16-22)10-15-30-24/h4-9,16H,3,10-15,17-19H2,1-2H3/p+2. The number of amides is 1. The number of aryl methyl sites for hydroxylation is 1. The molecule has 2 aromatic carbocycles. The van der Waals surface area contributed by atoms with Crippen LogP contribution in [0.3, 0.4) is 0 Å². The highest BCUT2D eigenvalue weighted by molar-refractivity contribution is 5.76. The predicted octanol–water partition coefficient (Wildman–Crippen LogP) is 0.126. The fourth-order valence-corrected chi connectivity index (χ4v) is 4.54. The molecule has 5 nitrogen and oxygen atoms in total. The number of carbonyl (C=O) groups is 1. The van der Waals surface area contributed by atoms with Crippen LogP contribution in [0.2, 0.25) is 0 Å². The van der Waals surface area contributed by atoms with Gasteiger partial charge in [-0.15, -0.1) is 0 Å². The topological polar surface area (TPSA) is 38.4 Å². The first-order valence-corrected chi connectivity index (χ1v) is 11.3. The molecule has 2 aromatic rings. The number of nitrogens with zero attached hydrogens (tertiary/aromatic N) is 1. The molecular weight excluding hydrogens is 374 g/mol. The number of nitrogens with one attached hydrogen (secondary N) is 2. The third-order valence-corrected chi connectivity index (χ3v) is 6.55. The van der Waals surface area contributed by atoms with Crippen LogP contribution in [0, 0.1) is 0 Å². The maximum Gasteiger partial charge on any atom is 0.277 e. The molecule has 1 amide bonds. The van der Waals surface area contributed by atoms with Gasteiger partial charge in [-0.1, -0.05) is 31.2 Å². The van der Waals surface area contributed by atoms with E-state index in [1.54, 1.807) is 4.90 Å². The second kappa shape index (κ2) is 9.63. The van der Waals surface area contributed by atoms with E-state index in [1.165, 1.54) is 27.2 Å². The molecule has 0 radical (unpaired) electrons. The number of hydrogen-bond donors (Lipinski definition) is 2. The molecule has 0 aromatic heterocycles. The number of benzene rings is 2. The Labute approximate surface area is 180 Å². The minimum absolute atomic E-state index is 0.242. The molecule has 0 unspecified atom stereocenters. The Kier molecular flexibility index (Phi) is 6.70. The zero-order valence-electron chi connectivity index (χ0n) is 18.4. The summed E-state index contributed by atoms with van der Waals surface area (Å²) in [4.78, 5) is 17.6. The summed E-state index contributed by atoms with van der Waals surface area (Å²) in [6, 6.07) is 15.3. The molecule has 0 atom stereocenters. The Morgan fingerprint density at radius 2 is 1.63 bits per heavy atom. The fraction of sp³-hybridized carbons (Fsp3) is 0.480. The van der Waals surface area contributed by atoms with E-state index in [0.717, 1.165) is 57.9 Å². The maximum absolute atomic E-state index is 12.7. The molecule has 0 aliphatic carbocycles. The van der Waals surface area contributed by atoms with E-state index in [1.807, 2.05) is 11.9 Å². The summed E-state index contributed by atoms with van der Waals surface area (Å²) in [6.07, 6.45) is 2.09. The summed E-state index contributed by atoms with van der Waals surface area (Å²) in [7, 11) is 1.93. The van der Waals surface area contributed by atoms with Gasteiger partial charge < -0.3 is 19.4 Å². The van der Waals surface area contributed by atoms with E-state index in [4.69, 9.17) is 4.74 Å². The highest BCUT2D eigenvalue weighted by Crippen LogP contribution is 2.25. The SMILES string of the molecule is CCc1ccc(CN(C)C(=O)C[NH+]2CC[NH+](Cc3ccc4c(c3)CCO4)CC2)cc1. The monoisotopic (exact) mass is 409 g/mol. The third kappa shape index (κ3) is 5.21. The van der Waals surface area contributed by atoms with Gasteiger partial charge in [0.15, 0.2) is 6.54 Å². The first-order valence-electron chi connectivity index (χ1n) is 11.3. The Bertz CT molecular complexity index is 857. The van der Waals surface area contributed by atoms with Crippen molar-refractivity contribution in [3.63, 3.8) is 0 Å². The van der Waals surface area contributed by atoms with Crippen LogP contribution < -0.4 is 14.5 Å². The average Bonchev–Trinajstić information content (AvgIpc) is 3.23. The van der Waals surface area contributed by atoms with E-state index in [2.05, 4.69) is 49.4 Å². The summed E-state index contributed by atoms with van der Waals surface area (Å²) in [5.74, 6) is 1.30. The molecule has 2 heterocycles. The number of likely N-dealkylation sites (N-methyl/N-ethyl adjacent to an activating group) is 1. The van der Waals surface area contributed by atoms with Crippen LogP contribution in [-0.4, -0.2) is 57.2 Å². The minimum atomic E-state index is 0.242. The van der Waals surface area contributed by atoms with Crippen molar-refractivity contribution >= 4 is 5.91 Å². The van der Waals surface area contributed by atoms with E-state index < -0.39 is 0 Å². The van der Waals surface area contributed by atoms with Crippen LogP contribution >= 0.6 is 0 Å². The number of carbonyl (C=O) groups excluding carboxylic acids is 1. The number of piperazine rings is 1. The molecule has 30 heavy (non-hydrogen) atoms. The lowest BCUT2D eigenvalue weighted by atomic mass is 10.1. The fourth-order valence-electron chi connectivity index (χ4n) is 4.54. The van der Waals surface area contributed by atoms with Crippen LogP contribution in [0.1, 0.15) is 29.2 Å². The number of fused-ring (bicyclic) bond motifs is 1. The van der Waals surface area contributed by atoms with Crippen molar-refractivity contribution in [1.29, 1.82) is 0 Å². The van der Waals surface area contributed by atoms with Crippen LogP contribution in [0.25, 0.3) is 0 Å². The summed E-state index contributed by atoms with van der Waals surface area (Å²) in [5, 5.41) is 0. The molecule has 2 aliphatic rings. The lowest BCUT2D eigenvalue weighted by Crippen LogP contribution is -3.28. The van der Waals surface area contributed by atoms with Crippen molar-refractivity contribution in [1.82, 2.24) is 4.90 Å². The van der Waals surface area contributed by atoms with E-state index in [9.17, 15) is 4.79 Å². The summed E-state index contributed by atoms with van der Waals surface area (Å²) in [6.45, 7) is 9.72. The van der Waals surface area contributed by atoms with Gasteiger partial charge in [0.05, 0.1) is 6.61 Å². The van der Waals surface area contributed by atoms with Gasteiger partial charge >= 0.3 is 0 Å². The highest BCUT2D eigenvalue weighted by Gasteiger charge is 2.26. The number of rotatable bonds is 7. The Hall–Kier alpha value is -2.37. The zero-order chi connectivity index (χ0) is 20.9. The number of quaternary nitrogens is 2. The van der Waals surface area contributed by atoms with Gasteiger partial charge in [0.2, 0.25) is 0 Å². The molecule has 0 bridgehead atoms. The van der Waals surface area contributed by atoms with E-state index >= 15 is 0 Å². The molecule has 0 spiro atoms. The van der Waals surface area contributed by atoms with Crippen LogP contribution in [0.4, 0.5) is 0 Å². The first-order chi connectivity index (χ1) is 14.6. The van der Waals surface area contributed by atoms with Crippen molar-refractivity contribution in [3.8, 4) is 5.75 Å². The van der Waals surface area contributed by atoms with Crippen LogP contribution in [0.5, 0.6) is 5.75 Å². The molecule has 5 heteroatoms. The molecule has 0 saturated carbocycles. The quantitative estimate of drug-likeness (QED) is 0.682. The largest absolute Gasteiger partial charge is 0.493 e. The van der Waals surface area contributed by atoms with Crippen molar-refractivity contribution in [2.45, 2.75) is 32.9 Å². The van der Waals surface area contributed by atoms with Crippen LogP contribution in [0.15, 0.2) is 42.5 Å². The average molecular weight is 410 g/mol. The molecule has 160 valence electrons. The van der Waals surface area contributed by atoms with Crippen molar-refractivity contribution in [3.05, 3.63) is 64.7 Å². The number of hydrogen-bond acceptors (Lipinski definition) is 2. The highest BCUT2D eigenvalue weighted by atomic mass is 16.5. The van der Waals surface area contributed by atoms with Crippen LogP contribution in [-0.2, 0) is 30.7 Å².